The maximum Gasteiger partial charge on any atom is 0.313 e. The predicted molar refractivity (Wildman–Crippen MR) is 119 cm³/mol. The molecule has 1 aromatic heterocycles. The third-order valence-electron chi connectivity index (χ3n) is 4.39. The molecule has 6 N–H and O–H groups in total. The van der Waals surface area contributed by atoms with Gasteiger partial charge in [-0.2, -0.15) is 0 Å². The van der Waals surface area contributed by atoms with Gasteiger partial charge in [-0.25, -0.2) is 0 Å². The highest BCUT2D eigenvalue weighted by atomic mass is 32.1. The fraction of sp³-hybridized carbons (Fsp3) is 0.190. The van der Waals surface area contributed by atoms with Crippen molar-refractivity contribution in [3.8, 4) is 10.4 Å². The van der Waals surface area contributed by atoms with E-state index in [9.17, 15) is 9.59 Å². The Labute approximate surface area is 173 Å². The molecule has 3 aromatic rings. The quantitative estimate of drug-likeness (QED) is 0.275. The molecule has 7 nitrogen and oxygen atoms in total. The number of nitrogens with zero attached hydrogens (tertiary/aromatic N) is 1. The molecule has 0 radical (unpaired) electrons. The monoisotopic (exact) mass is 410 g/mol. The lowest BCUT2D eigenvalue weighted by atomic mass is 10.0. The Bertz CT molecular complexity index is 1040. The van der Waals surface area contributed by atoms with Crippen molar-refractivity contribution >= 4 is 50.8 Å². The molecule has 0 bridgehead atoms. The Hall–Kier alpha value is -3.23. The first-order chi connectivity index (χ1) is 13.9. The maximum absolute atomic E-state index is 12.3. The van der Waals surface area contributed by atoms with Crippen LogP contribution in [-0.2, 0) is 9.59 Å². The first-order valence-electron chi connectivity index (χ1n) is 9.10. The molecule has 29 heavy (non-hydrogen) atoms. The highest BCUT2D eigenvalue weighted by Gasteiger charge is 2.17. The lowest BCUT2D eigenvalue weighted by molar-refractivity contribution is -0.136. The molecule has 2 aromatic carbocycles. The summed E-state index contributed by atoms with van der Waals surface area (Å²) >= 11 is 1.60. The van der Waals surface area contributed by atoms with Crippen LogP contribution in [0.25, 0.3) is 20.5 Å². The summed E-state index contributed by atoms with van der Waals surface area (Å²) in [5.74, 6) is -1.43. The number of carbonyl (C=O) groups is 2. The largest absolute Gasteiger partial charge is 0.398 e. The van der Waals surface area contributed by atoms with Gasteiger partial charge < -0.3 is 21.3 Å². The minimum absolute atomic E-state index is 0.385. The zero-order chi connectivity index (χ0) is 21.0. The number of carbonyl (C=O) groups excluding carboxylic acids is 2. The van der Waals surface area contributed by atoms with E-state index < -0.39 is 11.8 Å². The predicted octanol–water partition coefficient (Wildman–Crippen LogP) is 0.945. The number of amides is 2. The molecule has 0 aliphatic carbocycles. The number of benzene rings is 2. The van der Waals surface area contributed by atoms with Gasteiger partial charge in [0.2, 0.25) is 0 Å². The summed E-state index contributed by atoms with van der Waals surface area (Å²) in [6.07, 6.45) is 1.39. The molecule has 2 amide bonds. The number of rotatable bonds is 6. The van der Waals surface area contributed by atoms with Crippen molar-refractivity contribution in [3.63, 3.8) is 0 Å². The minimum atomic E-state index is -0.737. The number of fused-ring (bicyclic) bond motifs is 1. The zero-order valence-corrected chi connectivity index (χ0v) is 17.2. The van der Waals surface area contributed by atoms with Gasteiger partial charge in [-0.3, -0.25) is 15.0 Å². The first-order valence-corrected chi connectivity index (χ1v) is 9.92. The lowest BCUT2D eigenvalue weighted by Gasteiger charge is -2.12. The van der Waals surface area contributed by atoms with Gasteiger partial charge in [-0.05, 0) is 43.7 Å². The Kier molecular flexibility index (Phi) is 6.26. The summed E-state index contributed by atoms with van der Waals surface area (Å²) in [7, 11) is 3.78. The molecule has 0 aliphatic heterocycles. The zero-order valence-electron chi connectivity index (χ0n) is 16.4. The van der Waals surface area contributed by atoms with Gasteiger partial charge in [0.05, 0.1) is 11.3 Å². The van der Waals surface area contributed by atoms with Crippen LogP contribution in [0.5, 0.6) is 0 Å². The molecule has 0 unspecified atom stereocenters. The van der Waals surface area contributed by atoms with E-state index in [1.807, 2.05) is 49.3 Å². The van der Waals surface area contributed by atoms with Gasteiger partial charge in [0.15, 0.2) is 6.21 Å². The second kappa shape index (κ2) is 8.85. The standard InChI is InChI=1S/C21H23N5O2S/c1-26(2)8-7-24-20(27)21(28)25-15-9-14(12-22)19(23)16(11-15)18-10-13-5-3-4-6-17(13)29-18/h3-6,9-12,22H,7-8,23H2,1-2H3,(H,24,27)(H,25,28)/p+1. The van der Waals surface area contributed by atoms with Gasteiger partial charge >= 0.3 is 11.8 Å². The Morgan fingerprint density at radius 1 is 1.17 bits per heavy atom. The van der Waals surface area contributed by atoms with Crippen molar-refractivity contribution in [2.75, 3.05) is 38.2 Å². The van der Waals surface area contributed by atoms with Crippen LogP contribution in [0.1, 0.15) is 5.56 Å². The maximum atomic E-state index is 12.3. The average molecular weight is 411 g/mol. The molecule has 0 saturated heterocycles. The highest BCUT2D eigenvalue weighted by molar-refractivity contribution is 7.22. The third-order valence-corrected chi connectivity index (χ3v) is 5.54. The molecule has 0 aliphatic rings. The average Bonchev–Trinajstić information content (AvgIpc) is 3.12. The third kappa shape index (κ3) is 4.79. The summed E-state index contributed by atoms with van der Waals surface area (Å²) in [6.45, 7) is 1.03. The van der Waals surface area contributed by atoms with E-state index in [4.69, 9.17) is 11.1 Å². The number of hydrogen-bond acceptors (Lipinski definition) is 5. The fourth-order valence-corrected chi connectivity index (χ4v) is 3.96. The normalized spacial score (nSPS) is 10.9. The summed E-state index contributed by atoms with van der Waals surface area (Å²) in [5.41, 5.74) is 8.62. The molecular weight excluding hydrogens is 386 g/mol. The number of hydrogen-bond donors (Lipinski definition) is 4. The highest BCUT2D eigenvalue weighted by Crippen LogP contribution is 2.38. The van der Waals surface area contributed by atoms with E-state index in [2.05, 4.69) is 10.6 Å². The van der Waals surface area contributed by atoms with Crippen molar-refractivity contribution in [1.82, 2.24) is 10.2 Å². The number of thiophene rings is 1. The molecule has 150 valence electrons. The van der Waals surface area contributed by atoms with Crippen molar-refractivity contribution in [2.24, 2.45) is 0 Å². The molecular formula is C21H24N5O2S+. The van der Waals surface area contributed by atoms with Gasteiger partial charge in [-0.1, -0.05) is 18.2 Å². The molecule has 3 rings (SSSR count). The summed E-state index contributed by atoms with van der Waals surface area (Å²) < 4.78 is 1.13. The summed E-state index contributed by atoms with van der Waals surface area (Å²) in [5, 5.41) is 12.1. The van der Waals surface area contributed by atoms with Gasteiger partial charge in [-0.15, -0.1) is 11.3 Å². The first kappa shape index (κ1) is 20.5. The number of nitrogens with one attached hydrogen (secondary N) is 2. The van der Waals surface area contributed by atoms with E-state index in [0.29, 0.717) is 30.0 Å². The van der Waals surface area contributed by atoms with Crippen molar-refractivity contribution in [1.29, 1.82) is 0 Å². The van der Waals surface area contributed by atoms with E-state index in [-0.39, 0.29) is 0 Å². The van der Waals surface area contributed by atoms with Crippen molar-refractivity contribution in [3.05, 3.63) is 48.0 Å². The number of anilines is 2. The van der Waals surface area contributed by atoms with Crippen molar-refractivity contribution < 1.29 is 15.0 Å². The van der Waals surface area contributed by atoms with Crippen LogP contribution in [0, 0.1) is 0 Å². The van der Waals surface area contributed by atoms with Gasteiger partial charge in [0.1, 0.15) is 0 Å². The summed E-state index contributed by atoms with van der Waals surface area (Å²) in [6, 6.07) is 13.5. The van der Waals surface area contributed by atoms with Crippen molar-refractivity contribution in [2.45, 2.75) is 0 Å². The smallest absolute Gasteiger partial charge is 0.313 e. The lowest BCUT2D eigenvalue weighted by Crippen LogP contribution is -2.38. The van der Waals surface area contributed by atoms with E-state index in [1.54, 1.807) is 23.5 Å². The minimum Gasteiger partial charge on any atom is -0.398 e. The van der Waals surface area contributed by atoms with Gasteiger partial charge in [0.25, 0.3) is 0 Å². The molecule has 0 fully saturated rings. The molecule has 1 heterocycles. The Morgan fingerprint density at radius 3 is 2.62 bits per heavy atom. The fourth-order valence-electron chi connectivity index (χ4n) is 2.87. The van der Waals surface area contributed by atoms with Crippen LogP contribution in [0.15, 0.2) is 42.5 Å². The molecule has 0 saturated carbocycles. The van der Waals surface area contributed by atoms with Crippen LogP contribution in [0.3, 0.4) is 0 Å². The topological polar surface area (TPSA) is 113 Å². The van der Waals surface area contributed by atoms with E-state index in [1.165, 1.54) is 6.21 Å². The molecule has 0 spiro atoms. The van der Waals surface area contributed by atoms with Crippen LogP contribution in [-0.4, -0.2) is 50.1 Å². The van der Waals surface area contributed by atoms with Crippen LogP contribution >= 0.6 is 11.3 Å². The van der Waals surface area contributed by atoms with Crippen LogP contribution in [0.2, 0.25) is 0 Å². The SMILES string of the molecule is CN(C)CCNC(=O)C(=O)Nc1cc(C=[NH2+])c(N)c(-c2cc3ccccc3s2)c1. The summed E-state index contributed by atoms with van der Waals surface area (Å²) in [4.78, 5) is 27.2. The second-order valence-electron chi connectivity index (χ2n) is 6.86. The van der Waals surface area contributed by atoms with Crippen LogP contribution < -0.4 is 21.8 Å². The van der Waals surface area contributed by atoms with E-state index >= 15 is 0 Å². The van der Waals surface area contributed by atoms with Gasteiger partial charge in [0, 0.05) is 33.9 Å². The Morgan fingerprint density at radius 2 is 1.93 bits per heavy atom. The van der Waals surface area contributed by atoms with Crippen LogP contribution in [0.4, 0.5) is 11.4 Å². The second-order valence-corrected chi connectivity index (χ2v) is 7.94. The Balaban J connectivity index is 1.86. The molecule has 8 heteroatoms. The van der Waals surface area contributed by atoms with E-state index in [0.717, 1.165) is 20.5 Å². The molecule has 0 atom stereocenters. The number of nitrogens with two attached hydrogens (primary N) is 2. The number of nitrogen functional groups attached to an aromatic ring is 1. The number of likely N-dealkylation sites (N-methyl/N-ethyl adjacent to an activating group) is 1.